The van der Waals surface area contributed by atoms with Gasteiger partial charge in [0.25, 0.3) is 5.56 Å². The molecule has 0 aliphatic carbocycles. The van der Waals surface area contributed by atoms with Gasteiger partial charge < -0.3 is 10.6 Å². The molecule has 2 amide bonds. The SMILES string of the molecule is Cn1c(SCC(=O)N2CCC(C(N)=O)CC2)nc2ccsc2c1=O. The lowest BCUT2D eigenvalue weighted by Gasteiger charge is -2.30. The Morgan fingerprint density at radius 1 is 1.42 bits per heavy atom. The highest BCUT2D eigenvalue weighted by atomic mass is 32.2. The molecule has 3 heterocycles. The van der Waals surface area contributed by atoms with Crippen LogP contribution in [0, 0.1) is 5.92 Å². The number of thiophene rings is 1. The zero-order valence-electron chi connectivity index (χ0n) is 13.2. The summed E-state index contributed by atoms with van der Waals surface area (Å²) in [6.45, 7) is 1.09. The van der Waals surface area contributed by atoms with E-state index in [1.165, 1.54) is 27.7 Å². The van der Waals surface area contributed by atoms with Gasteiger partial charge in [-0.05, 0) is 24.3 Å². The topological polar surface area (TPSA) is 98.3 Å². The molecule has 1 saturated heterocycles. The Balaban J connectivity index is 1.64. The van der Waals surface area contributed by atoms with Crippen molar-refractivity contribution in [1.29, 1.82) is 0 Å². The van der Waals surface area contributed by atoms with Crippen molar-refractivity contribution >= 4 is 45.1 Å². The summed E-state index contributed by atoms with van der Waals surface area (Å²) in [5, 5.41) is 2.37. The minimum absolute atomic E-state index is 0.0115. The predicted octanol–water partition coefficient (Wildman–Crippen LogP) is 0.811. The summed E-state index contributed by atoms with van der Waals surface area (Å²) < 4.78 is 2.11. The number of nitrogens with two attached hydrogens (primary N) is 1. The predicted molar refractivity (Wildman–Crippen MR) is 94.1 cm³/mol. The van der Waals surface area contributed by atoms with E-state index in [0.29, 0.717) is 41.3 Å². The molecule has 2 N–H and O–H groups in total. The van der Waals surface area contributed by atoms with Gasteiger partial charge in [-0.3, -0.25) is 19.0 Å². The molecule has 1 fully saturated rings. The van der Waals surface area contributed by atoms with Crippen molar-refractivity contribution in [2.75, 3.05) is 18.8 Å². The lowest BCUT2D eigenvalue weighted by molar-refractivity contribution is -0.132. The standard InChI is InChI=1S/C15H18N4O3S2/c1-18-14(22)12-10(4-7-23-12)17-15(18)24-8-11(20)19-5-2-9(3-6-19)13(16)21/h4,7,9H,2-3,5-6,8H2,1H3,(H2,16,21). The molecular formula is C15H18N4O3S2. The Hall–Kier alpha value is -1.87. The van der Waals surface area contributed by atoms with Crippen LogP contribution in [-0.2, 0) is 16.6 Å². The molecule has 0 radical (unpaired) electrons. The Bertz CT molecular complexity index is 837. The second-order valence-electron chi connectivity index (χ2n) is 5.74. The smallest absolute Gasteiger partial charge is 0.271 e. The molecule has 24 heavy (non-hydrogen) atoms. The molecule has 3 rings (SSSR count). The number of piperidine rings is 1. The maximum Gasteiger partial charge on any atom is 0.271 e. The molecule has 0 unspecified atom stereocenters. The zero-order chi connectivity index (χ0) is 17.3. The summed E-state index contributed by atoms with van der Waals surface area (Å²) >= 11 is 2.63. The fourth-order valence-electron chi connectivity index (χ4n) is 2.73. The normalized spacial score (nSPS) is 15.8. The molecule has 7 nitrogen and oxygen atoms in total. The number of amides is 2. The first-order valence-corrected chi connectivity index (χ1v) is 9.48. The van der Waals surface area contributed by atoms with Crippen LogP contribution in [0.3, 0.4) is 0 Å². The van der Waals surface area contributed by atoms with Crippen LogP contribution < -0.4 is 11.3 Å². The summed E-state index contributed by atoms with van der Waals surface area (Å²) in [6.07, 6.45) is 1.23. The molecule has 0 bridgehead atoms. The number of hydrogen-bond acceptors (Lipinski definition) is 6. The second-order valence-corrected chi connectivity index (χ2v) is 7.60. The van der Waals surface area contributed by atoms with E-state index in [4.69, 9.17) is 5.73 Å². The van der Waals surface area contributed by atoms with Crippen LogP contribution in [0.2, 0.25) is 0 Å². The summed E-state index contributed by atoms with van der Waals surface area (Å²) in [4.78, 5) is 41.9. The van der Waals surface area contributed by atoms with Gasteiger partial charge in [-0.25, -0.2) is 4.98 Å². The van der Waals surface area contributed by atoms with Gasteiger partial charge in [-0.15, -0.1) is 11.3 Å². The lowest BCUT2D eigenvalue weighted by Crippen LogP contribution is -2.42. The largest absolute Gasteiger partial charge is 0.369 e. The highest BCUT2D eigenvalue weighted by Gasteiger charge is 2.26. The summed E-state index contributed by atoms with van der Waals surface area (Å²) in [5.74, 6) is -0.218. The molecule has 1 aliphatic heterocycles. The first-order valence-electron chi connectivity index (χ1n) is 7.61. The molecule has 2 aromatic heterocycles. The highest BCUT2D eigenvalue weighted by Crippen LogP contribution is 2.22. The molecule has 1 aliphatic rings. The van der Waals surface area contributed by atoms with E-state index in [2.05, 4.69) is 4.98 Å². The van der Waals surface area contributed by atoms with E-state index in [1.54, 1.807) is 11.9 Å². The van der Waals surface area contributed by atoms with E-state index in [9.17, 15) is 14.4 Å². The number of nitrogens with zero attached hydrogens (tertiary/aromatic N) is 3. The summed E-state index contributed by atoms with van der Waals surface area (Å²) in [6, 6.07) is 1.81. The third kappa shape index (κ3) is 3.32. The van der Waals surface area contributed by atoms with Crippen LogP contribution in [0.1, 0.15) is 12.8 Å². The van der Waals surface area contributed by atoms with Crippen molar-refractivity contribution in [3.05, 3.63) is 21.8 Å². The maximum absolute atomic E-state index is 12.3. The van der Waals surface area contributed by atoms with Crippen LogP contribution >= 0.6 is 23.1 Å². The maximum atomic E-state index is 12.3. The third-order valence-corrected chi connectivity index (χ3v) is 6.13. The molecule has 0 saturated carbocycles. The molecule has 128 valence electrons. The van der Waals surface area contributed by atoms with Gasteiger partial charge in [-0.1, -0.05) is 11.8 Å². The summed E-state index contributed by atoms with van der Waals surface area (Å²) in [7, 11) is 1.67. The second kappa shape index (κ2) is 6.94. The number of aromatic nitrogens is 2. The van der Waals surface area contributed by atoms with Crippen LogP contribution in [0.25, 0.3) is 10.2 Å². The molecular weight excluding hydrogens is 348 g/mol. The first kappa shape index (κ1) is 17.0. The van der Waals surface area contributed by atoms with Crippen LogP contribution in [0.15, 0.2) is 21.4 Å². The minimum Gasteiger partial charge on any atom is -0.369 e. The van der Waals surface area contributed by atoms with Crippen molar-refractivity contribution in [1.82, 2.24) is 14.5 Å². The Labute approximate surface area is 146 Å². The van der Waals surface area contributed by atoms with E-state index in [1.807, 2.05) is 11.4 Å². The number of thioether (sulfide) groups is 1. The van der Waals surface area contributed by atoms with Crippen LogP contribution in [0.4, 0.5) is 0 Å². The molecule has 0 atom stereocenters. The van der Waals surface area contributed by atoms with Crippen LogP contribution in [-0.4, -0.2) is 45.1 Å². The molecule has 9 heteroatoms. The number of hydrogen-bond donors (Lipinski definition) is 1. The average molecular weight is 366 g/mol. The highest BCUT2D eigenvalue weighted by molar-refractivity contribution is 7.99. The number of carbonyl (C=O) groups is 2. The van der Waals surface area contributed by atoms with E-state index in [-0.39, 0.29) is 29.0 Å². The molecule has 2 aromatic rings. The van der Waals surface area contributed by atoms with Crippen molar-refractivity contribution in [3.63, 3.8) is 0 Å². The third-order valence-electron chi connectivity index (χ3n) is 4.22. The number of primary amides is 1. The van der Waals surface area contributed by atoms with Crippen molar-refractivity contribution < 1.29 is 9.59 Å². The van der Waals surface area contributed by atoms with Gasteiger partial charge >= 0.3 is 0 Å². The fraction of sp³-hybridized carbons (Fsp3) is 0.467. The van der Waals surface area contributed by atoms with Crippen molar-refractivity contribution in [3.8, 4) is 0 Å². The number of rotatable bonds is 4. The van der Waals surface area contributed by atoms with E-state index < -0.39 is 0 Å². The van der Waals surface area contributed by atoms with Gasteiger partial charge in [-0.2, -0.15) is 0 Å². The van der Waals surface area contributed by atoms with Gasteiger partial charge in [0.1, 0.15) is 4.70 Å². The van der Waals surface area contributed by atoms with Gasteiger partial charge in [0.05, 0.1) is 11.3 Å². The average Bonchev–Trinajstić information content (AvgIpc) is 3.05. The van der Waals surface area contributed by atoms with Crippen LogP contribution in [0.5, 0.6) is 0 Å². The summed E-state index contributed by atoms with van der Waals surface area (Å²) in [5.41, 5.74) is 5.88. The quantitative estimate of drug-likeness (QED) is 0.638. The lowest BCUT2D eigenvalue weighted by atomic mass is 9.96. The number of fused-ring (bicyclic) bond motifs is 1. The van der Waals surface area contributed by atoms with E-state index >= 15 is 0 Å². The zero-order valence-corrected chi connectivity index (χ0v) is 14.9. The van der Waals surface area contributed by atoms with E-state index in [0.717, 1.165) is 0 Å². The monoisotopic (exact) mass is 366 g/mol. The molecule has 0 spiro atoms. The Morgan fingerprint density at radius 3 is 2.79 bits per heavy atom. The number of likely N-dealkylation sites (tertiary alicyclic amines) is 1. The Morgan fingerprint density at radius 2 is 2.12 bits per heavy atom. The fourth-order valence-corrected chi connectivity index (χ4v) is 4.41. The molecule has 0 aromatic carbocycles. The van der Waals surface area contributed by atoms with Gasteiger partial charge in [0, 0.05) is 26.1 Å². The van der Waals surface area contributed by atoms with Gasteiger partial charge in [0.2, 0.25) is 11.8 Å². The van der Waals surface area contributed by atoms with Gasteiger partial charge in [0.15, 0.2) is 5.16 Å². The van der Waals surface area contributed by atoms with Crippen molar-refractivity contribution in [2.24, 2.45) is 18.7 Å². The number of carbonyl (C=O) groups excluding carboxylic acids is 2. The Kier molecular flexibility index (Phi) is 4.91. The van der Waals surface area contributed by atoms with Crippen molar-refractivity contribution in [2.45, 2.75) is 18.0 Å². The first-order chi connectivity index (χ1) is 11.5. The minimum atomic E-state index is -0.292.